The molecule has 3 aliphatic rings. The zero-order chi connectivity index (χ0) is 26.5. The molecule has 2 saturated carbocycles. The molecule has 0 radical (unpaired) electrons. The van der Waals surface area contributed by atoms with Crippen LogP contribution >= 0.6 is 0 Å². The van der Waals surface area contributed by atoms with Crippen LogP contribution in [0.4, 0.5) is 27.6 Å². The second kappa shape index (κ2) is 9.41. The fourth-order valence-corrected chi connectivity index (χ4v) is 5.33. The quantitative estimate of drug-likeness (QED) is 0.431. The first-order chi connectivity index (χ1) is 17.5. The van der Waals surface area contributed by atoms with E-state index in [-0.39, 0.29) is 41.2 Å². The molecular weight excluding hydrogens is 495 g/mol. The SMILES string of the molecule is CC(NC(=O)c1cn(C2(C(F)F)CC2)c(=O)cc1N[C@H]1CCNC2(CC2)C1)c1cccc(C(F)F)c1F. The van der Waals surface area contributed by atoms with Crippen molar-refractivity contribution < 1.29 is 26.7 Å². The van der Waals surface area contributed by atoms with E-state index >= 15 is 0 Å². The number of pyridine rings is 1. The van der Waals surface area contributed by atoms with Gasteiger partial charge in [-0.2, -0.15) is 0 Å². The number of amides is 1. The Labute approximate surface area is 210 Å². The van der Waals surface area contributed by atoms with Gasteiger partial charge in [0.15, 0.2) is 0 Å². The molecule has 3 fully saturated rings. The van der Waals surface area contributed by atoms with E-state index < -0.39 is 47.3 Å². The van der Waals surface area contributed by atoms with Gasteiger partial charge in [-0.3, -0.25) is 9.59 Å². The molecule has 2 aliphatic carbocycles. The van der Waals surface area contributed by atoms with Crippen LogP contribution in [0, 0.1) is 5.82 Å². The zero-order valence-corrected chi connectivity index (χ0v) is 20.3. The lowest BCUT2D eigenvalue weighted by Gasteiger charge is -2.32. The van der Waals surface area contributed by atoms with Crippen molar-refractivity contribution in [2.45, 2.75) is 81.5 Å². The van der Waals surface area contributed by atoms with Gasteiger partial charge in [0, 0.05) is 29.4 Å². The maximum Gasteiger partial charge on any atom is 0.266 e. The van der Waals surface area contributed by atoms with E-state index in [2.05, 4.69) is 16.0 Å². The summed E-state index contributed by atoms with van der Waals surface area (Å²) in [7, 11) is 0. The first kappa shape index (κ1) is 25.7. The molecule has 1 amide bonds. The van der Waals surface area contributed by atoms with Crippen LogP contribution in [0.25, 0.3) is 0 Å². The molecule has 1 unspecified atom stereocenters. The summed E-state index contributed by atoms with van der Waals surface area (Å²) in [4.78, 5) is 26.3. The minimum atomic E-state index is -3.02. The fraction of sp³-hybridized carbons (Fsp3) is 0.538. The number of rotatable bonds is 8. The first-order valence-corrected chi connectivity index (χ1v) is 12.5. The molecule has 1 spiro atoms. The largest absolute Gasteiger partial charge is 0.381 e. The van der Waals surface area contributed by atoms with Crippen molar-refractivity contribution in [1.29, 1.82) is 0 Å². The topological polar surface area (TPSA) is 75.2 Å². The van der Waals surface area contributed by atoms with Crippen LogP contribution in [0.5, 0.6) is 0 Å². The van der Waals surface area contributed by atoms with E-state index in [1.807, 2.05) is 0 Å². The number of nitrogens with one attached hydrogen (secondary N) is 3. The van der Waals surface area contributed by atoms with Crippen LogP contribution in [0.1, 0.15) is 79.4 Å². The van der Waals surface area contributed by atoms with E-state index in [0.717, 1.165) is 49.1 Å². The second-order valence-corrected chi connectivity index (χ2v) is 10.5. The summed E-state index contributed by atoms with van der Waals surface area (Å²) in [5, 5.41) is 9.35. The third kappa shape index (κ3) is 4.85. The molecule has 1 aromatic heterocycles. The van der Waals surface area contributed by atoms with Gasteiger partial charge in [-0.25, -0.2) is 22.0 Å². The average Bonchev–Trinajstić information content (AvgIpc) is 3.77. The van der Waals surface area contributed by atoms with E-state index in [0.29, 0.717) is 0 Å². The molecule has 1 aromatic carbocycles. The fourth-order valence-electron chi connectivity index (χ4n) is 5.33. The van der Waals surface area contributed by atoms with Crippen molar-refractivity contribution in [3.63, 3.8) is 0 Å². The van der Waals surface area contributed by atoms with Gasteiger partial charge < -0.3 is 20.5 Å². The van der Waals surface area contributed by atoms with Gasteiger partial charge in [0.2, 0.25) is 0 Å². The van der Waals surface area contributed by atoms with Crippen LogP contribution in [-0.4, -0.2) is 35.0 Å². The number of piperidine rings is 1. The van der Waals surface area contributed by atoms with E-state index in [9.17, 15) is 31.5 Å². The van der Waals surface area contributed by atoms with Crippen molar-refractivity contribution in [2.24, 2.45) is 0 Å². The monoisotopic (exact) mass is 524 g/mol. The first-order valence-electron chi connectivity index (χ1n) is 12.5. The Kier molecular flexibility index (Phi) is 6.54. The Bertz CT molecular complexity index is 1260. The number of anilines is 1. The Balaban J connectivity index is 1.46. The lowest BCUT2D eigenvalue weighted by molar-refractivity contribution is 0.0648. The summed E-state index contributed by atoms with van der Waals surface area (Å²) in [6.45, 7) is 2.21. The Morgan fingerprint density at radius 3 is 2.46 bits per heavy atom. The zero-order valence-electron chi connectivity index (χ0n) is 20.3. The number of carbonyl (C=O) groups excluding carboxylic acids is 1. The summed E-state index contributed by atoms with van der Waals surface area (Å²) >= 11 is 0. The van der Waals surface area contributed by atoms with Crippen molar-refractivity contribution >= 4 is 11.6 Å². The molecule has 2 atom stereocenters. The number of hydrogen-bond acceptors (Lipinski definition) is 4. The standard InChI is InChI=1S/C26H29F5N4O2/c1-14(16-3-2-4-17(21(16)27)22(28)29)33-23(37)18-13-35(26(8-9-26)24(30)31)20(36)11-19(18)34-15-5-10-32-25(12-15)6-7-25/h2-4,11,13-15,22,24,32,34H,5-10,12H2,1H3,(H,33,37)/t14?,15-/m0/s1. The van der Waals surface area contributed by atoms with Crippen LogP contribution < -0.4 is 21.5 Å². The third-order valence-corrected chi connectivity index (χ3v) is 7.90. The van der Waals surface area contributed by atoms with Crippen molar-refractivity contribution in [2.75, 3.05) is 11.9 Å². The molecule has 1 aliphatic heterocycles. The average molecular weight is 525 g/mol. The molecule has 0 bridgehead atoms. The van der Waals surface area contributed by atoms with E-state index in [1.54, 1.807) is 0 Å². The normalized spacial score (nSPS) is 22.2. The second-order valence-electron chi connectivity index (χ2n) is 10.5. The van der Waals surface area contributed by atoms with Gasteiger partial charge in [0.25, 0.3) is 24.3 Å². The van der Waals surface area contributed by atoms with Crippen LogP contribution in [0.3, 0.4) is 0 Å². The number of hydrogen-bond donors (Lipinski definition) is 3. The predicted molar refractivity (Wildman–Crippen MR) is 128 cm³/mol. The van der Waals surface area contributed by atoms with E-state index in [1.165, 1.54) is 25.1 Å². The number of benzene rings is 1. The highest BCUT2D eigenvalue weighted by Gasteiger charge is 2.54. The lowest BCUT2D eigenvalue weighted by atomic mass is 9.97. The molecule has 37 heavy (non-hydrogen) atoms. The summed E-state index contributed by atoms with van der Waals surface area (Å²) in [6, 6.07) is 3.68. The van der Waals surface area contributed by atoms with Gasteiger partial charge in [0.1, 0.15) is 11.4 Å². The summed E-state index contributed by atoms with van der Waals surface area (Å²) in [5.74, 6) is -1.85. The molecule has 1 saturated heterocycles. The molecule has 6 nitrogen and oxygen atoms in total. The minimum absolute atomic E-state index is 0.0341. The maximum atomic E-state index is 14.7. The molecule has 5 rings (SSSR count). The summed E-state index contributed by atoms with van der Waals surface area (Å²) < 4.78 is 69.6. The van der Waals surface area contributed by atoms with Crippen molar-refractivity contribution in [3.05, 3.63) is 63.3 Å². The number of aromatic nitrogens is 1. The Morgan fingerprint density at radius 1 is 1.14 bits per heavy atom. The molecule has 3 N–H and O–H groups in total. The van der Waals surface area contributed by atoms with Crippen molar-refractivity contribution in [3.8, 4) is 0 Å². The summed E-state index contributed by atoms with van der Waals surface area (Å²) in [5.41, 5.74) is -2.97. The van der Waals surface area contributed by atoms with Gasteiger partial charge in [0.05, 0.1) is 22.9 Å². The molecular formula is C26H29F5N4O2. The third-order valence-electron chi connectivity index (χ3n) is 7.90. The number of nitrogens with zero attached hydrogens (tertiary/aromatic N) is 1. The Morgan fingerprint density at radius 2 is 1.84 bits per heavy atom. The smallest absolute Gasteiger partial charge is 0.266 e. The summed E-state index contributed by atoms with van der Waals surface area (Å²) in [6.07, 6.45) is -0.833. The minimum Gasteiger partial charge on any atom is -0.381 e. The van der Waals surface area contributed by atoms with Crippen LogP contribution in [0.15, 0.2) is 35.3 Å². The number of carbonyl (C=O) groups is 1. The maximum absolute atomic E-state index is 14.7. The number of halogens is 5. The highest BCUT2D eigenvalue weighted by molar-refractivity contribution is 5.99. The van der Waals surface area contributed by atoms with Gasteiger partial charge in [-0.05, 0) is 52.0 Å². The molecule has 200 valence electrons. The highest BCUT2D eigenvalue weighted by Crippen LogP contribution is 2.48. The molecule has 2 heterocycles. The van der Waals surface area contributed by atoms with Crippen molar-refractivity contribution in [1.82, 2.24) is 15.2 Å². The van der Waals surface area contributed by atoms with E-state index in [4.69, 9.17) is 0 Å². The molecule has 2 aromatic rings. The van der Waals surface area contributed by atoms with Gasteiger partial charge in [-0.1, -0.05) is 18.2 Å². The Hall–Kier alpha value is -2.95. The predicted octanol–water partition coefficient (Wildman–Crippen LogP) is 4.87. The number of alkyl halides is 4. The highest BCUT2D eigenvalue weighted by atomic mass is 19.3. The van der Waals surface area contributed by atoms with Gasteiger partial charge >= 0.3 is 0 Å². The van der Waals surface area contributed by atoms with Crippen LogP contribution in [0.2, 0.25) is 0 Å². The van der Waals surface area contributed by atoms with Crippen LogP contribution in [-0.2, 0) is 5.54 Å². The van der Waals surface area contributed by atoms with Gasteiger partial charge in [-0.15, -0.1) is 0 Å². The molecule has 11 heteroatoms. The lowest BCUT2D eigenvalue weighted by Crippen LogP contribution is -2.45.